The van der Waals surface area contributed by atoms with Crippen molar-refractivity contribution >= 4 is 18.4 Å². The Balaban J connectivity index is 0.00000361. The fraction of sp³-hybridized carbons (Fsp3) is 0.533. The van der Waals surface area contributed by atoms with Gasteiger partial charge in [0.2, 0.25) is 0 Å². The number of rotatable bonds is 7. The van der Waals surface area contributed by atoms with Crippen LogP contribution in [0.25, 0.3) is 0 Å². The first-order valence-electron chi connectivity index (χ1n) is 6.66. The monoisotopic (exact) mass is 301 g/mol. The number of ether oxygens (including phenoxy) is 2. The molecule has 0 saturated carbocycles. The van der Waals surface area contributed by atoms with Gasteiger partial charge in [0.25, 0.3) is 0 Å². The van der Waals surface area contributed by atoms with Crippen molar-refractivity contribution in [1.82, 2.24) is 0 Å². The quantitative estimate of drug-likeness (QED) is 0.786. The van der Waals surface area contributed by atoms with Gasteiger partial charge in [0, 0.05) is 13.0 Å². The van der Waals surface area contributed by atoms with Crippen LogP contribution >= 0.6 is 12.4 Å². The Bertz CT molecular complexity index is 393. The molecule has 0 bridgehead atoms. The Kier molecular flexibility index (Phi) is 9.21. The van der Waals surface area contributed by atoms with Crippen molar-refractivity contribution in [2.45, 2.75) is 45.9 Å². The average Bonchev–Trinajstić information content (AvgIpc) is 2.38. The van der Waals surface area contributed by atoms with Gasteiger partial charge in [-0.2, -0.15) is 0 Å². The molecule has 0 fully saturated rings. The van der Waals surface area contributed by atoms with E-state index in [1.54, 1.807) is 6.92 Å². The van der Waals surface area contributed by atoms with Crippen molar-refractivity contribution in [3.8, 4) is 0 Å². The maximum absolute atomic E-state index is 11.8. The molecule has 0 aliphatic carbocycles. The molecule has 20 heavy (non-hydrogen) atoms. The Morgan fingerprint density at radius 3 is 2.20 bits per heavy atom. The van der Waals surface area contributed by atoms with Crippen LogP contribution < -0.4 is 5.73 Å². The molecule has 114 valence electrons. The summed E-state index contributed by atoms with van der Waals surface area (Å²) >= 11 is 0. The lowest BCUT2D eigenvalue weighted by molar-refractivity contribution is -0.159. The van der Waals surface area contributed by atoms with Crippen LogP contribution in [0.1, 0.15) is 31.9 Å². The minimum absolute atomic E-state index is 0. The molecule has 0 heterocycles. The summed E-state index contributed by atoms with van der Waals surface area (Å²) in [5.41, 5.74) is 7.66. The molecule has 1 aromatic rings. The number of benzene rings is 1. The highest BCUT2D eigenvalue weighted by molar-refractivity contribution is 5.85. The second-order valence-electron chi connectivity index (χ2n) is 4.65. The molecule has 0 saturated heterocycles. The highest BCUT2D eigenvalue weighted by atomic mass is 35.5. The molecular formula is C15H24ClNO3. The molecule has 0 amide bonds. The number of carbonyl (C=O) groups excluding carboxylic acids is 1. The third-order valence-corrected chi connectivity index (χ3v) is 2.67. The van der Waals surface area contributed by atoms with Gasteiger partial charge in [0.15, 0.2) is 6.10 Å². The number of carbonyl (C=O) groups is 1. The molecule has 1 rings (SSSR count). The predicted octanol–water partition coefficient (Wildman–Crippen LogP) is 2.47. The summed E-state index contributed by atoms with van der Waals surface area (Å²) in [6.45, 7) is 6.49. The van der Waals surface area contributed by atoms with Crippen molar-refractivity contribution in [2.24, 2.45) is 5.73 Å². The standard InChI is InChI=1S/C15H23NO3.ClH/c1-4-18-15(17)14(19-11(2)3)9-12-5-7-13(10-16)8-6-12;/h5-8,11,14H,4,9-10,16H2,1-3H3;1H. The third kappa shape index (κ3) is 6.37. The van der Waals surface area contributed by atoms with Gasteiger partial charge in [-0.1, -0.05) is 24.3 Å². The minimum Gasteiger partial charge on any atom is -0.464 e. The molecule has 0 aromatic heterocycles. The first kappa shape index (κ1) is 18.9. The fourth-order valence-electron chi connectivity index (χ4n) is 1.78. The number of esters is 1. The van der Waals surface area contributed by atoms with E-state index in [9.17, 15) is 4.79 Å². The van der Waals surface area contributed by atoms with E-state index in [1.807, 2.05) is 38.1 Å². The van der Waals surface area contributed by atoms with Crippen molar-refractivity contribution in [3.05, 3.63) is 35.4 Å². The van der Waals surface area contributed by atoms with Crippen LogP contribution in [0, 0.1) is 0 Å². The Hall–Kier alpha value is -1.10. The van der Waals surface area contributed by atoms with Crippen LogP contribution in [0.5, 0.6) is 0 Å². The molecule has 0 radical (unpaired) electrons. The number of nitrogens with two attached hydrogens (primary N) is 1. The zero-order valence-electron chi connectivity index (χ0n) is 12.3. The fourth-order valence-corrected chi connectivity index (χ4v) is 1.78. The van der Waals surface area contributed by atoms with E-state index >= 15 is 0 Å². The lowest BCUT2D eigenvalue weighted by Gasteiger charge is -2.19. The number of hydrogen-bond donors (Lipinski definition) is 1. The van der Waals surface area contributed by atoms with Gasteiger partial charge in [-0.3, -0.25) is 0 Å². The summed E-state index contributed by atoms with van der Waals surface area (Å²) in [5, 5.41) is 0. The summed E-state index contributed by atoms with van der Waals surface area (Å²) in [6, 6.07) is 7.87. The lowest BCUT2D eigenvalue weighted by Crippen LogP contribution is -2.31. The highest BCUT2D eigenvalue weighted by Gasteiger charge is 2.22. The van der Waals surface area contributed by atoms with E-state index in [2.05, 4.69) is 0 Å². The summed E-state index contributed by atoms with van der Waals surface area (Å²) in [4.78, 5) is 11.8. The lowest BCUT2D eigenvalue weighted by atomic mass is 10.1. The van der Waals surface area contributed by atoms with Crippen molar-refractivity contribution in [1.29, 1.82) is 0 Å². The molecule has 0 aliphatic heterocycles. The van der Waals surface area contributed by atoms with Gasteiger partial charge >= 0.3 is 5.97 Å². The molecule has 5 heteroatoms. The maximum atomic E-state index is 11.8. The molecule has 1 aromatic carbocycles. The zero-order chi connectivity index (χ0) is 14.3. The van der Waals surface area contributed by atoms with Crippen molar-refractivity contribution in [3.63, 3.8) is 0 Å². The normalized spacial score (nSPS) is 11.8. The summed E-state index contributed by atoms with van der Waals surface area (Å²) < 4.78 is 10.7. The highest BCUT2D eigenvalue weighted by Crippen LogP contribution is 2.11. The van der Waals surface area contributed by atoms with Gasteiger partial charge in [0.05, 0.1) is 12.7 Å². The first-order chi connectivity index (χ1) is 9.06. The van der Waals surface area contributed by atoms with E-state index in [1.165, 1.54) is 0 Å². The molecule has 4 nitrogen and oxygen atoms in total. The molecule has 1 atom stereocenters. The van der Waals surface area contributed by atoms with Crippen LogP contribution in [0.2, 0.25) is 0 Å². The van der Waals surface area contributed by atoms with Gasteiger partial charge in [-0.25, -0.2) is 4.79 Å². The van der Waals surface area contributed by atoms with Crippen LogP contribution in [-0.4, -0.2) is 24.8 Å². The van der Waals surface area contributed by atoms with Crippen LogP contribution in [0.4, 0.5) is 0 Å². The van der Waals surface area contributed by atoms with Gasteiger partial charge < -0.3 is 15.2 Å². The third-order valence-electron chi connectivity index (χ3n) is 2.67. The van der Waals surface area contributed by atoms with Crippen molar-refractivity contribution < 1.29 is 14.3 Å². The molecule has 0 aliphatic rings. The predicted molar refractivity (Wildman–Crippen MR) is 81.9 cm³/mol. The smallest absolute Gasteiger partial charge is 0.335 e. The summed E-state index contributed by atoms with van der Waals surface area (Å²) in [7, 11) is 0. The van der Waals surface area contributed by atoms with Gasteiger partial charge in [-0.05, 0) is 31.9 Å². The largest absolute Gasteiger partial charge is 0.464 e. The summed E-state index contributed by atoms with van der Waals surface area (Å²) in [6.07, 6.45) is -0.0524. The second-order valence-corrected chi connectivity index (χ2v) is 4.65. The molecule has 0 spiro atoms. The van der Waals surface area contributed by atoms with E-state index in [0.29, 0.717) is 19.6 Å². The maximum Gasteiger partial charge on any atom is 0.335 e. The average molecular weight is 302 g/mol. The van der Waals surface area contributed by atoms with Crippen LogP contribution in [0.15, 0.2) is 24.3 Å². The molecule has 1 unspecified atom stereocenters. The first-order valence-corrected chi connectivity index (χ1v) is 6.66. The molecular weight excluding hydrogens is 278 g/mol. The Morgan fingerprint density at radius 1 is 1.20 bits per heavy atom. The van der Waals surface area contributed by atoms with Gasteiger partial charge in [-0.15, -0.1) is 12.4 Å². The van der Waals surface area contributed by atoms with E-state index in [4.69, 9.17) is 15.2 Å². The van der Waals surface area contributed by atoms with E-state index in [-0.39, 0.29) is 24.5 Å². The van der Waals surface area contributed by atoms with Crippen molar-refractivity contribution in [2.75, 3.05) is 6.61 Å². The second kappa shape index (κ2) is 9.75. The Morgan fingerprint density at radius 2 is 1.75 bits per heavy atom. The number of hydrogen-bond acceptors (Lipinski definition) is 4. The summed E-state index contributed by atoms with van der Waals surface area (Å²) in [5.74, 6) is -0.306. The minimum atomic E-state index is -0.552. The number of halogens is 1. The van der Waals surface area contributed by atoms with Crippen LogP contribution in [0.3, 0.4) is 0 Å². The van der Waals surface area contributed by atoms with Crippen LogP contribution in [-0.2, 0) is 27.2 Å². The van der Waals surface area contributed by atoms with E-state index < -0.39 is 6.10 Å². The SMILES string of the molecule is CCOC(=O)C(Cc1ccc(CN)cc1)OC(C)C.Cl. The van der Waals surface area contributed by atoms with E-state index in [0.717, 1.165) is 11.1 Å². The topological polar surface area (TPSA) is 61.5 Å². The van der Waals surface area contributed by atoms with Gasteiger partial charge in [0.1, 0.15) is 0 Å². The molecule has 2 N–H and O–H groups in total. The Labute approximate surface area is 127 Å². The zero-order valence-corrected chi connectivity index (χ0v) is 13.1.